The smallest absolute Gasteiger partial charge is 0.0607 e. The van der Waals surface area contributed by atoms with Crippen molar-refractivity contribution in [2.45, 2.75) is 12.0 Å². The Kier molecular flexibility index (Phi) is 3.01. The first kappa shape index (κ1) is 10.9. The lowest BCUT2D eigenvalue weighted by Crippen LogP contribution is -2.43. The topological polar surface area (TPSA) is 15.3 Å². The van der Waals surface area contributed by atoms with Crippen molar-refractivity contribution in [2.75, 3.05) is 27.2 Å². The van der Waals surface area contributed by atoms with Crippen LogP contribution in [0.3, 0.4) is 0 Å². The van der Waals surface area contributed by atoms with Crippen LogP contribution in [0.25, 0.3) is 0 Å². The number of benzene rings is 1. The molecule has 82 valence electrons. The highest BCUT2D eigenvalue weighted by molar-refractivity contribution is 6.31. The van der Waals surface area contributed by atoms with Crippen LogP contribution in [-0.4, -0.2) is 32.1 Å². The molecule has 2 nitrogen and oxygen atoms in total. The van der Waals surface area contributed by atoms with Gasteiger partial charge in [0, 0.05) is 11.6 Å². The van der Waals surface area contributed by atoms with E-state index >= 15 is 0 Å². The number of hydrogen-bond donors (Lipinski definition) is 1. The molecular formula is C12H17ClN2. The van der Waals surface area contributed by atoms with Gasteiger partial charge in [0.2, 0.25) is 0 Å². The fourth-order valence-corrected chi connectivity index (χ4v) is 2.68. The van der Waals surface area contributed by atoms with Gasteiger partial charge >= 0.3 is 0 Å². The third kappa shape index (κ3) is 1.78. The lowest BCUT2D eigenvalue weighted by Gasteiger charge is -2.36. The summed E-state index contributed by atoms with van der Waals surface area (Å²) in [5.41, 5.74) is 1.31. The molecule has 1 saturated heterocycles. The molecule has 0 aromatic heterocycles. The highest BCUT2D eigenvalue weighted by atomic mass is 35.5. The maximum absolute atomic E-state index is 6.28. The fraction of sp³-hybridized carbons (Fsp3) is 0.500. The van der Waals surface area contributed by atoms with E-state index in [4.69, 9.17) is 11.6 Å². The molecule has 1 aliphatic heterocycles. The molecule has 3 heteroatoms. The molecule has 0 aliphatic carbocycles. The van der Waals surface area contributed by atoms with E-state index in [2.05, 4.69) is 36.4 Å². The molecule has 2 rings (SSSR count). The van der Waals surface area contributed by atoms with Crippen molar-refractivity contribution in [1.82, 2.24) is 10.2 Å². The van der Waals surface area contributed by atoms with Crippen molar-refractivity contribution in [1.29, 1.82) is 0 Å². The van der Waals surface area contributed by atoms with Crippen molar-refractivity contribution < 1.29 is 0 Å². The Morgan fingerprint density at radius 1 is 1.33 bits per heavy atom. The van der Waals surface area contributed by atoms with Crippen LogP contribution >= 0.6 is 11.6 Å². The highest BCUT2D eigenvalue weighted by Gasteiger charge is 2.38. The Bertz CT molecular complexity index is 343. The standard InChI is InChI=1S/C12H17ClN2/c1-15(2)12(7-8-14-9-12)10-5-3-4-6-11(10)13/h3-6,14H,7-9H2,1-2H3. The normalized spacial score (nSPS) is 26.1. The highest BCUT2D eigenvalue weighted by Crippen LogP contribution is 2.36. The summed E-state index contributed by atoms with van der Waals surface area (Å²) in [5, 5.41) is 4.29. The number of likely N-dealkylation sites (N-methyl/N-ethyl adjacent to an activating group) is 1. The first-order valence-electron chi connectivity index (χ1n) is 5.30. The van der Waals surface area contributed by atoms with E-state index in [-0.39, 0.29) is 5.54 Å². The number of nitrogens with one attached hydrogen (secondary N) is 1. The largest absolute Gasteiger partial charge is 0.314 e. The minimum absolute atomic E-state index is 0.0678. The third-order valence-electron chi connectivity index (χ3n) is 3.36. The van der Waals surface area contributed by atoms with Gasteiger partial charge in [-0.2, -0.15) is 0 Å². The maximum Gasteiger partial charge on any atom is 0.0607 e. The number of hydrogen-bond acceptors (Lipinski definition) is 2. The monoisotopic (exact) mass is 224 g/mol. The minimum Gasteiger partial charge on any atom is -0.314 e. The van der Waals surface area contributed by atoms with Crippen molar-refractivity contribution in [3.8, 4) is 0 Å². The Labute approximate surface area is 96.2 Å². The predicted octanol–water partition coefficient (Wildman–Crippen LogP) is 2.09. The zero-order chi connectivity index (χ0) is 10.9. The van der Waals surface area contributed by atoms with E-state index in [1.807, 2.05) is 12.1 Å². The summed E-state index contributed by atoms with van der Waals surface area (Å²) in [7, 11) is 4.24. The van der Waals surface area contributed by atoms with Gasteiger partial charge in [-0.15, -0.1) is 0 Å². The molecule has 1 aliphatic rings. The Hall–Kier alpha value is -0.570. The Balaban J connectivity index is 2.46. The molecule has 1 aromatic rings. The predicted molar refractivity (Wildman–Crippen MR) is 64.3 cm³/mol. The van der Waals surface area contributed by atoms with Crippen LogP contribution in [0.2, 0.25) is 5.02 Å². The van der Waals surface area contributed by atoms with Crippen LogP contribution < -0.4 is 5.32 Å². The summed E-state index contributed by atoms with van der Waals surface area (Å²) < 4.78 is 0. The summed E-state index contributed by atoms with van der Waals surface area (Å²) >= 11 is 6.28. The van der Waals surface area contributed by atoms with Gasteiger partial charge in [0.25, 0.3) is 0 Å². The van der Waals surface area contributed by atoms with Crippen molar-refractivity contribution in [3.05, 3.63) is 34.9 Å². The van der Waals surface area contributed by atoms with Gasteiger partial charge in [-0.1, -0.05) is 29.8 Å². The molecule has 0 radical (unpaired) electrons. The second kappa shape index (κ2) is 4.12. The lowest BCUT2D eigenvalue weighted by atomic mass is 9.88. The van der Waals surface area contributed by atoms with E-state index < -0.39 is 0 Å². The van der Waals surface area contributed by atoms with Gasteiger partial charge in [0.05, 0.1) is 5.54 Å². The first-order chi connectivity index (χ1) is 7.17. The molecule has 0 bridgehead atoms. The number of halogens is 1. The second-order valence-electron chi connectivity index (χ2n) is 4.33. The van der Waals surface area contributed by atoms with E-state index in [0.717, 1.165) is 24.5 Å². The van der Waals surface area contributed by atoms with E-state index in [0.29, 0.717) is 0 Å². The van der Waals surface area contributed by atoms with Crippen molar-refractivity contribution >= 4 is 11.6 Å². The molecule has 1 N–H and O–H groups in total. The summed E-state index contributed by atoms with van der Waals surface area (Å²) in [6, 6.07) is 8.15. The van der Waals surface area contributed by atoms with E-state index in [9.17, 15) is 0 Å². The van der Waals surface area contributed by atoms with Crippen LogP contribution in [0.4, 0.5) is 0 Å². The molecule has 0 saturated carbocycles. The number of nitrogens with zero attached hydrogens (tertiary/aromatic N) is 1. The van der Waals surface area contributed by atoms with Gasteiger partial charge in [-0.05, 0) is 38.7 Å². The maximum atomic E-state index is 6.28. The van der Waals surface area contributed by atoms with E-state index in [1.165, 1.54) is 5.56 Å². The minimum atomic E-state index is 0.0678. The van der Waals surface area contributed by atoms with E-state index in [1.54, 1.807) is 0 Å². The van der Waals surface area contributed by atoms with Gasteiger partial charge in [-0.25, -0.2) is 0 Å². The van der Waals surface area contributed by atoms with Gasteiger partial charge in [-0.3, -0.25) is 4.90 Å². The van der Waals surface area contributed by atoms with Gasteiger partial charge in [0.1, 0.15) is 0 Å². The number of rotatable bonds is 2. The SMILES string of the molecule is CN(C)C1(c2ccccc2Cl)CCNC1. The van der Waals surface area contributed by atoms with Gasteiger partial charge < -0.3 is 5.32 Å². The van der Waals surface area contributed by atoms with Crippen LogP contribution in [-0.2, 0) is 5.54 Å². The van der Waals surface area contributed by atoms with Crippen LogP contribution in [0, 0.1) is 0 Å². The molecular weight excluding hydrogens is 208 g/mol. The summed E-state index contributed by atoms with van der Waals surface area (Å²) in [5.74, 6) is 0. The second-order valence-corrected chi connectivity index (χ2v) is 4.74. The lowest BCUT2D eigenvalue weighted by molar-refractivity contribution is 0.174. The molecule has 0 spiro atoms. The zero-order valence-corrected chi connectivity index (χ0v) is 10.0. The Morgan fingerprint density at radius 2 is 2.07 bits per heavy atom. The fourth-order valence-electron chi connectivity index (χ4n) is 2.37. The summed E-state index contributed by atoms with van der Waals surface area (Å²) in [6.45, 7) is 2.03. The average Bonchev–Trinajstić information content (AvgIpc) is 2.68. The van der Waals surface area contributed by atoms with Crippen LogP contribution in [0.1, 0.15) is 12.0 Å². The zero-order valence-electron chi connectivity index (χ0n) is 9.26. The molecule has 1 atom stereocenters. The van der Waals surface area contributed by atoms with Gasteiger partial charge in [0.15, 0.2) is 0 Å². The van der Waals surface area contributed by atoms with Crippen molar-refractivity contribution in [2.24, 2.45) is 0 Å². The molecule has 1 fully saturated rings. The molecule has 1 unspecified atom stereocenters. The van der Waals surface area contributed by atoms with Crippen LogP contribution in [0.15, 0.2) is 24.3 Å². The third-order valence-corrected chi connectivity index (χ3v) is 3.69. The average molecular weight is 225 g/mol. The first-order valence-corrected chi connectivity index (χ1v) is 5.68. The Morgan fingerprint density at radius 3 is 2.60 bits per heavy atom. The van der Waals surface area contributed by atoms with Crippen LogP contribution in [0.5, 0.6) is 0 Å². The summed E-state index contributed by atoms with van der Waals surface area (Å²) in [6.07, 6.45) is 1.11. The molecule has 1 aromatic carbocycles. The molecule has 15 heavy (non-hydrogen) atoms. The summed E-state index contributed by atoms with van der Waals surface area (Å²) in [4.78, 5) is 2.27. The quantitative estimate of drug-likeness (QED) is 0.828. The van der Waals surface area contributed by atoms with Crippen molar-refractivity contribution in [3.63, 3.8) is 0 Å². The molecule has 0 amide bonds. The molecule has 1 heterocycles.